The second kappa shape index (κ2) is 5.13. The third-order valence-electron chi connectivity index (χ3n) is 2.97. The second-order valence-electron chi connectivity index (χ2n) is 4.20. The lowest BCUT2D eigenvalue weighted by Gasteiger charge is -2.10. The van der Waals surface area contributed by atoms with Crippen LogP contribution in [-0.2, 0) is 9.84 Å². The predicted molar refractivity (Wildman–Crippen MR) is 71.2 cm³/mol. The van der Waals surface area contributed by atoms with Gasteiger partial charge in [-0.25, -0.2) is 12.8 Å². The third kappa shape index (κ3) is 2.34. The smallest absolute Gasteiger partial charge is 0.207 e. The molecule has 0 amide bonds. The van der Waals surface area contributed by atoms with Gasteiger partial charge < -0.3 is 9.84 Å². The molecule has 1 N–H and O–H groups in total. The Hall–Kier alpha value is -2.08. The van der Waals surface area contributed by atoms with Gasteiger partial charge in [-0.3, -0.25) is 0 Å². The molecular weight excluding hydrogens is 283 g/mol. The van der Waals surface area contributed by atoms with E-state index in [1.165, 1.54) is 50.4 Å². The van der Waals surface area contributed by atoms with Crippen molar-refractivity contribution in [3.63, 3.8) is 0 Å². The van der Waals surface area contributed by atoms with Crippen LogP contribution >= 0.6 is 0 Å². The normalized spacial score (nSPS) is 11.3. The molecule has 0 bridgehead atoms. The molecule has 0 radical (unpaired) electrons. The molecule has 4 nitrogen and oxygen atoms in total. The lowest BCUT2D eigenvalue weighted by Crippen LogP contribution is -2.05. The maximum absolute atomic E-state index is 13.5. The monoisotopic (exact) mass is 296 g/mol. The first kappa shape index (κ1) is 14.3. The minimum atomic E-state index is -3.87. The van der Waals surface area contributed by atoms with E-state index in [4.69, 9.17) is 4.74 Å². The van der Waals surface area contributed by atoms with Crippen molar-refractivity contribution in [2.45, 2.75) is 16.7 Å². The number of hydrogen-bond donors (Lipinski definition) is 1. The zero-order valence-electron chi connectivity index (χ0n) is 10.9. The van der Waals surface area contributed by atoms with Crippen LogP contribution in [0.4, 0.5) is 4.39 Å². The van der Waals surface area contributed by atoms with Gasteiger partial charge in [0.2, 0.25) is 9.84 Å². The van der Waals surface area contributed by atoms with E-state index in [9.17, 15) is 17.9 Å². The first-order chi connectivity index (χ1) is 9.37. The molecule has 0 atom stereocenters. The fraction of sp³-hybridized carbons (Fsp3) is 0.143. The van der Waals surface area contributed by atoms with Crippen LogP contribution < -0.4 is 4.74 Å². The Morgan fingerprint density at radius 1 is 1.20 bits per heavy atom. The van der Waals surface area contributed by atoms with Crippen molar-refractivity contribution in [1.29, 1.82) is 0 Å². The molecule has 0 aliphatic carbocycles. The van der Waals surface area contributed by atoms with E-state index in [-0.39, 0.29) is 26.9 Å². The quantitative estimate of drug-likeness (QED) is 0.946. The van der Waals surface area contributed by atoms with Crippen molar-refractivity contribution in [2.24, 2.45) is 0 Å². The molecule has 0 heterocycles. The number of ether oxygens (including phenoxy) is 1. The summed E-state index contributed by atoms with van der Waals surface area (Å²) >= 11 is 0. The number of halogens is 1. The number of aromatic hydroxyl groups is 1. The Morgan fingerprint density at radius 2 is 1.90 bits per heavy atom. The van der Waals surface area contributed by atoms with Crippen molar-refractivity contribution in [3.05, 3.63) is 47.8 Å². The van der Waals surface area contributed by atoms with Gasteiger partial charge in [0.15, 0.2) is 11.5 Å². The number of phenolic OH excluding ortho intramolecular Hbond substituents is 1. The first-order valence-electron chi connectivity index (χ1n) is 5.75. The minimum Gasteiger partial charge on any atom is -0.504 e. The van der Waals surface area contributed by atoms with Crippen LogP contribution in [0, 0.1) is 12.7 Å². The zero-order valence-corrected chi connectivity index (χ0v) is 11.7. The topological polar surface area (TPSA) is 63.6 Å². The summed E-state index contributed by atoms with van der Waals surface area (Å²) in [4.78, 5) is -0.175. The van der Waals surface area contributed by atoms with Crippen LogP contribution in [0.2, 0.25) is 0 Å². The van der Waals surface area contributed by atoms with E-state index >= 15 is 0 Å². The molecule has 0 saturated carbocycles. The number of sulfone groups is 1. The number of benzene rings is 2. The summed E-state index contributed by atoms with van der Waals surface area (Å²) in [6.45, 7) is 1.40. The molecule has 2 aromatic rings. The predicted octanol–water partition coefficient (Wildman–Crippen LogP) is 2.68. The lowest BCUT2D eigenvalue weighted by atomic mass is 10.2. The summed E-state index contributed by atoms with van der Waals surface area (Å²) in [5.74, 6) is -0.709. The van der Waals surface area contributed by atoms with Gasteiger partial charge in [0.1, 0.15) is 5.82 Å². The van der Waals surface area contributed by atoms with E-state index < -0.39 is 15.7 Å². The van der Waals surface area contributed by atoms with Crippen LogP contribution in [0.15, 0.2) is 46.2 Å². The van der Waals surface area contributed by atoms with Gasteiger partial charge in [-0.15, -0.1) is 0 Å². The summed E-state index contributed by atoms with van der Waals surface area (Å²) in [6.07, 6.45) is 0. The van der Waals surface area contributed by atoms with Gasteiger partial charge >= 0.3 is 0 Å². The van der Waals surface area contributed by atoms with Crippen molar-refractivity contribution in [3.8, 4) is 11.5 Å². The summed E-state index contributed by atoms with van der Waals surface area (Å²) in [6, 6.07) is 7.55. The molecule has 2 rings (SSSR count). The molecule has 0 saturated heterocycles. The highest BCUT2D eigenvalue weighted by Crippen LogP contribution is 2.32. The van der Waals surface area contributed by atoms with E-state index in [2.05, 4.69) is 0 Å². The van der Waals surface area contributed by atoms with E-state index in [1.54, 1.807) is 0 Å². The Bertz CT molecular complexity index is 754. The van der Waals surface area contributed by atoms with Crippen LogP contribution in [0.1, 0.15) is 5.56 Å². The van der Waals surface area contributed by atoms with Crippen molar-refractivity contribution in [1.82, 2.24) is 0 Å². The largest absolute Gasteiger partial charge is 0.504 e. The van der Waals surface area contributed by atoms with Crippen LogP contribution in [0.5, 0.6) is 11.5 Å². The number of hydrogen-bond acceptors (Lipinski definition) is 4. The molecule has 0 aliphatic rings. The molecule has 6 heteroatoms. The molecular formula is C14H13FO4S. The Balaban J connectivity index is 2.64. The van der Waals surface area contributed by atoms with Crippen molar-refractivity contribution < 1.29 is 22.7 Å². The molecule has 20 heavy (non-hydrogen) atoms. The van der Waals surface area contributed by atoms with Crippen molar-refractivity contribution >= 4 is 9.84 Å². The van der Waals surface area contributed by atoms with E-state index in [0.717, 1.165) is 0 Å². The average molecular weight is 296 g/mol. The summed E-state index contributed by atoms with van der Waals surface area (Å²) in [7, 11) is -2.55. The number of phenols is 1. The van der Waals surface area contributed by atoms with Gasteiger partial charge in [0.05, 0.1) is 16.9 Å². The van der Waals surface area contributed by atoms with Gasteiger partial charge in [-0.05, 0) is 31.2 Å². The average Bonchev–Trinajstić information content (AvgIpc) is 2.42. The zero-order chi connectivity index (χ0) is 14.9. The number of rotatable bonds is 3. The summed E-state index contributed by atoms with van der Waals surface area (Å²) < 4.78 is 43.4. The van der Waals surface area contributed by atoms with Gasteiger partial charge in [0, 0.05) is 11.6 Å². The highest BCUT2D eigenvalue weighted by Gasteiger charge is 2.22. The van der Waals surface area contributed by atoms with Gasteiger partial charge in [-0.1, -0.05) is 6.07 Å². The summed E-state index contributed by atoms with van der Waals surface area (Å²) in [5, 5.41) is 9.49. The first-order valence-corrected chi connectivity index (χ1v) is 7.23. The van der Waals surface area contributed by atoms with Gasteiger partial charge in [-0.2, -0.15) is 0 Å². The highest BCUT2D eigenvalue weighted by molar-refractivity contribution is 7.91. The highest BCUT2D eigenvalue weighted by atomic mass is 32.2. The SMILES string of the molecule is COc1cc(S(=O)(=O)c2cccc(F)c2C)ccc1O. The molecule has 0 spiro atoms. The maximum atomic E-state index is 13.5. The van der Waals surface area contributed by atoms with E-state index in [0.29, 0.717) is 0 Å². The Morgan fingerprint density at radius 3 is 2.55 bits per heavy atom. The molecule has 0 aromatic heterocycles. The third-order valence-corrected chi connectivity index (χ3v) is 4.86. The summed E-state index contributed by atoms with van der Waals surface area (Å²) in [5.41, 5.74) is 0.0551. The number of methoxy groups -OCH3 is 1. The lowest BCUT2D eigenvalue weighted by molar-refractivity contribution is 0.372. The molecule has 0 unspecified atom stereocenters. The maximum Gasteiger partial charge on any atom is 0.207 e. The van der Waals surface area contributed by atoms with Crippen LogP contribution in [0.25, 0.3) is 0 Å². The minimum absolute atomic E-state index is 0.0418. The molecule has 0 aliphatic heterocycles. The Kier molecular flexibility index (Phi) is 3.67. The fourth-order valence-electron chi connectivity index (χ4n) is 1.83. The molecule has 106 valence electrons. The second-order valence-corrected chi connectivity index (χ2v) is 6.12. The van der Waals surface area contributed by atoms with Crippen molar-refractivity contribution in [2.75, 3.05) is 7.11 Å². The van der Waals surface area contributed by atoms with E-state index in [1.807, 2.05) is 0 Å². The standard InChI is InChI=1S/C14H13FO4S/c1-9-11(15)4-3-5-14(9)20(17,18)10-6-7-12(16)13(8-10)19-2/h3-8,16H,1-2H3. The Labute approximate surface area is 116 Å². The molecule has 2 aromatic carbocycles. The van der Waals surface area contributed by atoms with Crippen LogP contribution in [-0.4, -0.2) is 20.6 Å². The van der Waals surface area contributed by atoms with Crippen LogP contribution in [0.3, 0.4) is 0 Å². The molecule has 0 fully saturated rings. The fourth-order valence-corrected chi connectivity index (χ4v) is 3.35. The van der Waals surface area contributed by atoms with Gasteiger partial charge in [0.25, 0.3) is 0 Å².